The van der Waals surface area contributed by atoms with E-state index in [1.165, 1.54) is 0 Å². The van der Waals surface area contributed by atoms with E-state index in [9.17, 15) is 44.6 Å². The van der Waals surface area contributed by atoms with Crippen molar-refractivity contribution in [3.05, 3.63) is 35.4 Å². The lowest BCUT2D eigenvalue weighted by atomic mass is 9.93. The summed E-state index contributed by atoms with van der Waals surface area (Å²) in [5.41, 5.74) is -2.87. The fourth-order valence-corrected chi connectivity index (χ4v) is 1.50. The van der Waals surface area contributed by atoms with Crippen LogP contribution in [-0.2, 0) is 17.6 Å². The summed E-state index contributed by atoms with van der Waals surface area (Å²) in [5.74, 6) is -19.6. The van der Waals surface area contributed by atoms with Crippen molar-refractivity contribution in [2.75, 3.05) is 0 Å². The van der Waals surface area contributed by atoms with Crippen molar-refractivity contribution >= 4 is 0 Å². The Hall–Kier alpha value is -1.45. The van der Waals surface area contributed by atoms with Gasteiger partial charge in [0, 0.05) is 5.56 Å². The highest BCUT2D eigenvalue weighted by atomic mass is 19.4. The lowest BCUT2D eigenvalue weighted by Crippen LogP contribution is -2.59. The van der Waals surface area contributed by atoms with Crippen molar-refractivity contribution in [3.8, 4) is 0 Å². The number of benzene rings is 1. The molecule has 0 aliphatic rings. The van der Waals surface area contributed by atoms with E-state index in [0.29, 0.717) is 12.1 Å². The van der Waals surface area contributed by atoms with Gasteiger partial charge >= 0.3 is 23.9 Å². The van der Waals surface area contributed by atoms with Crippen LogP contribution in [0.2, 0.25) is 0 Å². The first-order chi connectivity index (χ1) is 9.30. The molecule has 0 aromatic heterocycles. The highest BCUT2D eigenvalue weighted by Crippen LogP contribution is 2.56. The summed E-state index contributed by atoms with van der Waals surface area (Å²) >= 11 is 0. The van der Waals surface area contributed by atoms with Crippen LogP contribution in [0, 0.1) is 0 Å². The minimum atomic E-state index is -6.97. The fraction of sp³-hybridized carbons (Fsp3) is 0.455. The standard InChI is InChI=1S/C11H6F9O/c12-8(13,7-4-2-1-3-6(7)5-21)9(14,15)10(16,17)11(18,19)20/h1-4H,5H2. The van der Waals surface area contributed by atoms with Gasteiger partial charge in [0.2, 0.25) is 0 Å². The maximum absolute atomic E-state index is 13.5. The molecule has 0 bridgehead atoms. The average Bonchev–Trinajstić information content (AvgIpc) is 2.36. The first kappa shape index (κ1) is 17.6. The lowest BCUT2D eigenvalue weighted by Gasteiger charge is -2.34. The van der Waals surface area contributed by atoms with E-state index >= 15 is 0 Å². The maximum Gasteiger partial charge on any atom is 0.460 e. The normalized spacial score (nSPS) is 14.4. The predicted octanol–water partition coefficient (Wildman–Crippen LogP) is 4.54. The zero-order chi connectivity index (χ0) is 16.7. The number of halogens is 9. The van der Waals surface area contributed by atoms with Crippen molar-refractivity contribution in [1.82, 2.24) is 0 Å². The Balaban J connectivity index is 3.47. The van der Waals surface area contributed by atoms with Crippen molar-refractivity contribution in [2.24, 2.45) is 0 Å². The highest BCUT2D eigenvalue weighted by Gasteiger charge is 2.82. The first-order valence-corrected chi connectivity index (χ1v) is 5.17. The molecule has 10 heteroatoms. The highest BCUT2D eigenvalue weighted by molar-refractivity contribution is 5.33. The molecule has 0 atom stereocenters. The van der Waals surface area contributed by atoms with Crippen LogP contribution in [0.25, 0.3) is 0 Å². The van der Waals surface area contributed by atoms with Gasteiger partial charge in [-0.05, 0) is 5.56 Å². The largest absolute Gasteiger partial charge is 0.460 e. The van der Waals surface area contributed by atoms with Crippen LogP contribution < -0.4 is 0 Å². The Kier molecular flexibility index (Phi) is 4.25. The molecule has 0 aliphatic carbocycles. The molecular weight excluding hydrogens is 319 g/mol. The molecular formula is C11H6F9O. The molecule has 0 N–H and O–H groups in total. The molecule has 1 nitrogen and oxygen atoms in total. The first-order valence-electron chi connectivity index (χ1n) is 5.17. The Morgan fingerprint density at radius 2 is 1.24 bits per heavy atom. The van der Waals surface area contributed by atoms with Crippen LogP contribution in [-0.4, -0.2) is 18.0 Å². The quantitative estimate of drug-likeness (QED) is 0.724. The van der Waals surface area contributed by atoms with Crippen LogP contribution in [0.4, 0.5) is 39.5 Å². The number of hydrogen-bond acceptors (Lipinski definition) is 0. The van der Waals surface area contributed by atoms with Crippen LogP contribution >= 0.6 is 0 Å². The molecule has 1 aromatic carbocycles. The molecule has 21 heavy (non-hydrogen) atoms. The van der Waals surface area contributed by atoms with Gasteiger partial charge < -0.3 is 0 Å². The molecule has 0 saturated heterocycles. The smallest absolute Gasteiger partial charge is 0.232 e. The van der Waals surface area contributed by atoms with Gasteiger partial charge in [0.15, 0.2) is 0 Å². The van der Waals surface area contributed by atoms with Crippen LogP contribution in [0.15, 0.2) is 24.3 Å². The van der Waals surface area contributed by atoms with Crippen LogP contribution in [0.3, 0.4) is 0 Å². The monoisotopic (exact) mass is 325 g/mol. The summed E-state index contributed by atoms with van der Waals surface area (Å²) in [6, 6.07) is 2.53. The second kappa shape index (κ2) is 5.08. The van der Waals surface area contributed by atoms with E-state index in [0.717, 1.165) is 6.07 Å². The zero-order valence-corrected chi connectivity index (χ0v) is 9.83. The van der Waals surface area contributed by atoms with Crippen molar-refractivity contribution in [3.63, 3.8) is 0 Å². The van der Waals surface area contributed by atoms with Crippen molar-refractivity contribution in [2.45, 2.75) is 30.6 Å². The van der Waals surface area contributed by atoms with E-state index in [-0.39, 0.29) is 6.07 Å². The molecule has 1 aromatic rings. The van der Waals surface area contributed by atoms with Gasteiger partial charge in [-0.15, -0.1) is 0 Å². The van der Waals surface area contributed by atoms with Gasteiger partial charge in [-0.2, -0.15) is 39.5 Å². The topological polar surface area (TPSA) is 19.9 Å². The molecule has 1 rings (SSSR count). The molecule has 1 radical (unpaired) electrons. The van der Waals surface area contributed by atoms with Gasteiger partial charge in [-0.3, -0.25) is 0 Å². The van der Waals surface area contributed by atoms with E-state index < -0.39 is 41.7 Å². The minimum Gasteiger partial charge on any atom is -0.232 e. The molecule has 0 saturated carbocycles. The van der Waals surface area contributed by atoms with Gasteiger partial charge in [-0.1, -0.05) is 24.3 Å². The van der Waals surface area contributed by atoms with E-state index in [4.69, 9.17) is 0 Å². The van der Waals surface area contributed by atoms with E-state index in [2.05, 4.69) is 0 Å². The van der Waals surface area contributed by atoms with Gasteiger partial charge in [-0.25, -0.2) is 5.11 Å². The third-order valence-electron chi connectivity index (χ3n) is 2.66. The Morgan fingerprint density at radius 3 is 1.67 bits per heavy atom. The fourth-order valence-electron chi connectivity index (χ4n) is 1.50. The lowest BCUT2D eigenvalue weighted by molar-refractivity contribution is -0.399. The van der Waals surface area contributed by atoms with Crippen LogP contribution in [0.5, 0.6) is 0 Å². The number of rotatable bonds is 4. The SMILES string of the molecule is [O]Cc1ccccc1C(F)(F)C(F)(F)C(F)(F)C(F)(F)F. The molecule has 0 amide bonds. The van der Waals surface area contributed by atoms with Gasteiger partial charge in [0.05, 0.1) is 0 Å². The summed E-state index contributed by atoms with van der Waals surface area (Å²) in [5, 5.41) is 10.6. The second-order valence-corrected chi connectivity index (χ2v) is 4.02. The summed E-state index contributed by atoms with van der Waals surface area (Å²) in [7, 11) is 0. The van der Waals surface area contributed by atoms with Crippen molar-refractivity contribution in [1.29, 1.82) is 0 Å². The summed E-state index contributed by atoms with van der Waals surface area (Å²) in [4.78, 5) is 0. The Morgan fingerprint density at radius 1 is 0.762 bits per heavy atom. The predicted molar refractivity (Wildman–Crippen MR) is 50.7 cm³/mol. The number of hydrogen-bond donors (Lipinski definition) is 0. The molecule has 119 valence electrons. The molecule has 0 fully saturated rings. The van der Waals surface area contributed by atoms with Crippen LogP contribution in [0.1, 0.15) is 11.1 Å². The number of alkyl halides is 9. The average molecular weight is 325 g/mol. The molecule has 0 aliphatic heterocycles. The van der Waals surface area contributed by atoms with E-state index in [1.54, 1.807) is 0 Å². The van der Waals surface area contributed by atoms with Crippen molar-refractivity contribution < 1.29 is 44.6 Å². The van der Waals surface area contributed by atoms with Gasteiger partial charge in [0.25, 0.3) is 0 Å². The minimum absolute atomic E-state index is 0.202. The molecule has 0 heterocycles. The second-order valence-electron chi connectivity index (χ2n) is 4.02. The Labute approximate surface area is 112 Å². The summed E-state index contributed by atoms with van der Waals surface area (Å²) in [6.45, 7) is -1.49. The third kappa shape index (κ3) is 2.56. The van der Waals surface area contributed by atoms with Gasteiger partial charge in [0.1, 0.15) is 6.61 Å². The summed E-state index contributed by atoms with van der Waals surface area (Å²) < 4.78 is 115. The zero-order valence-electron chi connectivity index (χ0n) is 9.83. The molecule has 0 spiro atoms. The Bertz CT molecular complexity index is 507. The van der Waals surface area contributed by atoms with E-state index in [1.807, 2.05) is 0 Å². The maximum atomic E-state index is 13.5. The third-order valence-corrected chi connectivity index (χ3v) is 2.66. The summed E-state index contributed by atoms with van der Waals surface area (Å²) in [6.07, 6.45) is -6.88. The molecule has 0 unspecified atom stereocenters.